The molecule has 0 amide bonds. The normalized spacial score (nSPS) is 10.2. The Morgan fingerprint density at radius 3 is 2.89 bits per heavy atom. The van der Waals surface area contributed by atoms with Gasteiger partial charge in [0.15, 0.2) is 0 Å². The zero-order chi connectivity index (χ0) is 13.7. The molecule has 6 nitrogen and oxygen atoms in total. The molecule has 0 spiro atoms. The summed E-state index contributed by atoms with van der Waals surface area (Å²) in [5.41, 5.74) is 2.06. The van der Waals surface area contributed by atoms with Crippen LogP contribution in [0.25, 0.3) is 0 Å². The quantitative estimate of drug-likeness (QED) is 0.827. The van der Waals surface area contributed by atoms with E-state index in [9.17, 15) is 4.79 Å². The van der Waals surface area contributed by atoms with Gasteiger partial charge in [0.1, 0.15) is 5.69 Å². The van der Waals surface area contributed by atoms with Crippen LogP contribution in [0.5, 0.6) is 0 Å². The summed E-state index contributed by atoms with van der Waals surface area (Å²) in [6, 6.07) is 7.24. The second-order valence-electron chi connectivity index (χ2n) is 4.00. The zero-order valence-electron chi connectivity index (χ0n) is 11.0. The Labute approximate surface area is 111 Å². The number of rotatable bonds is 5. The van der Waals surface area contributed by atoms with Gasteiger partial charge in [0.2, 0.25) is 0 Å². The first-order valence-electron chi connectivity index (χ1n) is 6.06. The molecule has 1 aromatic heterocycles. The van der Waals surface area contributed by atoms with E-state index in [1.54, 1.807) is 23.7 Å². The van der Waals surface area contributed by atoms with Crippen molar-refractivity contribution in [2.45, 2.75) is 13.5 Å². The van der Waals surface area contributed by atoms with Crippen molar-refractivity contribution in [3.8, 4) is 0 Å². The number of benzene rings is 1. The number of hydrogen-bond donors (Lipinski definition) is 1. The molecule has 0 fully saturated rings. The Balaban J connectivity index is 2.09. The minimum atomic E-state index is -0.329. The van der Waals surface area contributed by atoms with Gasteiger partial charge in [0.05, 0.1) is 18.7 Å². The average molecular weight is 260 g/mol. The number of esters is 1. The molecule has 2 rings (SSSR count). The molecule has 0 aliphatic heterocycles. The van der Waals surface area contributed by atoms with Crippen LogP contribution in [0.2, 0.25) is 0 Å². The molecular formula is C13H16N4O2. The molecule has 6 heteroatoms. The highest BCUT2D eigenvalue weighted by molar-refractivity contribution is 5.95. The third-order valence-corrected chi connectivity index (χ3v) is 2.53. The summed E-state index contributed by atoms with van der Waals surface area (Å²) in [4.78, 5) is 11.8. The van der Waals surface area contributed by atoms with E-state index in [2.05, 4.69) is 15.6 Å². The van der Waals surface area contributed by atoms with Crippen molar-refractivity contribution in [3.63, 3.8) is 0 Å². The van der Waals surface area contributed by atoms with Gasteiger partial charge in [-0.05, 0) is 19.1 Å². The maximum Gasteiger partial charge on any atom is 0.340 e. The van der Waals surface area contributed by atoms with Crippen molar-refractivity contribution in [1.82, 2.24) is 15.0 Å². The van der Waals surface area contributed by atoms with E-state index < -0.39 is 0 Å². The molecule has 100 valence electrons. The topological polar surface area (TPSA) is 69.0 Å². The number of nitrogens with one attached hydrogen (secondary N) is 1. The smallest absolute Gasteiger partial charge is 0.340 e. The van der Waals surface area contributed by atoms with E-state index in [1.165, 1.54) is 0 Å². The first kappa shape index (κ1) is 13.1. The van der Waals surface area contributed by atoms with Crippen LogP contribution in [-0.2, 0) is 18.3 Å². The molecule has 0 aliphatic carbocycles. The van der Waals surface area contributed by atoms with Crippen LogP contribution in [0.3, 0.4) is 0 Å². The van der Waals surface area contributed by atoms with Crippen LogP contribution >= 0.6 is 0 Å². The predicted molar refractivity (Wildman–Crippen MR) is 70.7 cm³/mol. The van der Waals surface area contributed by atoms with E-state index in [4.69, 9.17) is 4.74 Å². The van der Waals surface area contributed by atoms with Gasteiger partial charge in [-0.2, -0.15) is 0 Å². The largest absolute Gasteiger partial charge is 0.462 e. The molecule has 0 aliphatic rings. The lowest BCUT2D eigenvalue weighted by Crippen LogP contribution is -2.09. The lowest BCUT2D eigenvalue weighted by Gasteiger charge is -2.09. The van der Waals surface area contributed by atoms with Gasteiger partial charge in [-0.3, -0.25) is 4.68 Å². The standard InChI is InChI=1S/C13H16N4O2/c1-3-19-13(18)11-6-4-5-7-12(11)14-8-10-9-17(2)16-15-10/h4-7,9,14H,3,8H2,1-2H3. The van der Waals surface area contributed by atoms with Crippen molar-refractivity contribution in [2.75, 3.05) is 11.9 Å². The molecular weight excluding hydrogens is 244 g/mol. The first-order valence-corrected chi connectivity index (χ1v) is 6.06. The summed E-state index contributed by atoms with van der Waals surface area (Å²) in [5, 5.41) is 11.0. The van der Waals surface area contributed by atoms with Gasteiger partial charge in [0, 0.05) is 18.9 Å². The highest BCUT2D eigenvalue weighted by Crippen LogP contribution is 2.16. The summed E-state index contributed by atoms with van der Waals surface area (Å²) >= 11 is 0. The predicted octanol–water partition coefficient (Wildman–Crippen LogP) is 1.60. The van der Waals surface area contributed by atoms with Crippen LogP contribution in [0, 0.1) is 0 Å². The Hall–Kier alpha value is -2.37. The SMILES string of the molecule is CCOC(=O)c1ccccc1NCc1cn(C)nn1. The lowest BCUT2D eigenvalue weighted by atomic mass is 10.2. The number of anilines is 1. The van der Waals surface area contributed by atoms with Crippen LogP contribution in [0.4, 0.5) is 5.69 Å². The van der Waals surface area contributed by atoms with Crippen LogP contribution < -0.4 is 5.32 Å². The second kappa shape index (κ2) is 5.99. The van der Waals surface area contributed by atoms with Crippen LogP contribution in [0.1, 0.15) is 23.0 Å². The Morgan fingerprint density at radius 2 is 2.21 bits per heavy atom. The number of hydrogen-bond acceptors (Lipinski definition) is 5. The van der Waals surface area contributed by atoms with E-state index >= 15 is 0 Å². The fourth-order valence-corrected chi connectivity index (χ4v) is 1.69. The van der Waals surface area contributed by atoms with Crippen LogP contribution in [-0.4, -0.2) is 27.6 Å². The van der Waals surface area contributed by atoms with Crippen molar-refractivity contribution < 1.29 is 9.53 Å². The fourth-order valence-electron chi connectivity index (χ4n) is 1.69. The molecule has 19 heavy (non-hydrogen) atoms. The molecule has 1 heterocycles. The Kier molecular flexibility index (Phi) is 4.12. The highest BCUT2D eigenvalue weighted by Gasteiger charge is 2.11. The van der Waals surface area contributed by atoms with Gasteiger partial charge in [-0.15, -0.1) is 5.10 Å². The number of para-hydroxylation sites is 1. The fraction of sp³-hybridized carbons (Fsp3) is 0.308. The maximum atomic E-state index is 11.8. The molecule has 0 saturated carbocycles. The zero-order valence-corrected chi connectivity index (χ0v) is 11.0. The lowest BCUT2D eigenvalue weighted by molar-refractivity contribution is 0.0527. The highest BCUT2D eigenvalue weighted by atomic mass is 16.5. The molecule has 0 atom stereocenters. The Bertz CT molecular complexity index is 565. The number of aromatic nitrogens is 3. The maximum absolute atomic E-state index is 11.8. The molecule has 0 bridgehead atoms. The average Bonchev–Trinajstić information content (AvgIpc) is 2.83. The second-order valence-corrected chi connectivity index (χ2v) is 4.00. The third-order valence-electron chi connectivity index (χ3n) is 2.53. The third kappa shape index (κ3) is 3.31. The van der Waals surface area contributed by atoms with E-state index in [0.29, 0.717) is 18.7 Å². The monoisotopic (exact) mass is 260 g/mol. The number of carbonyl (C=O) groups is 1. The van der Waals surface area contributed by atoms with Crippen molar-refractivity contribution >= 4 is 11.7 Å². The Morgan fingerprint density at radius 1 is 1.42 bits per heavy atom. The van der Waals surface area contributed by atoms with E-state index in [1.807, 2.05) is 25.4 Å². The molecule has 0 unspecified atom stereocenters. The van der Waals surface area contributed by atoms with Gasteiger partial charge in [-0.1, -0.05) is 17.3 Å². The summed E-state index contributed by atoms with van der Waals surface area (Å²) in [6.45, 7) is 2.65. The van der Waals surface area contributed by atoms with Crippen LogP contribution in [0.15, 0.2) is 30.5 Å². The molecule has 2 aromatic rings. The van der Waals surface area contributed by atoms with Crippen molar-refractivity contribution in [1.29, 1.82) is 0 Å². The van der Waals surface area contributed by atoms with Gasteiger partial charge in [-0.25, -0.2) is 4.79 Å². The first-order chi connectivity index (χ1) is 9.20. The number of nitrogens with zero attached hydrogens (tertiary/aromatic N) is 3. The minimum Gasteiger partial charge on any atom is -0.462 e. The summed E-state index contributed by atoms with van der Waals surface area (Å²) in [5.74, 6) is -0.329. The van der Waals surface area contributed by atoms with E-state index in [0.717, 1.165) is 11.4 Å². The van der Waals surface area contributed by atoms with Crippen molar-refractivity contribution in [3.05, 3.63) is 41.7 Å². The summed E-state index contributed by atoms with van der Waals surface area (Å²) < 4.78 is 6.65. The van der Waals surface area contributed by atoms with Gasteiger partial charge < -0.3 is 10.1 Å². The molecule has 1 N–H and O–H groups in total. The molecule has 1 aromatic carbocycles. The minimum absolute atomic E-state index is 0.329. The van der Waals surface area contributed by atoms with E-state index in [-0.39, 0.29) is 5.97 Å². The molecule has 0 radical (unpaired) electrons. The molecule has 0 saturated heterocycles. The van der Waals surface area contributed by atoms with Crippen molar-refractivity contribution in [2.24, 2.45) is 7.05 Å². The summed E-state index contributed by atoms with van der Waals surface area (Å²) in [6.07, 6.45) is 1.82. The number of ether oxygens (including phenoxy) is 1. The summed E-state index contributed by atoms with van der Waals surface area (Å²) in [7, 11) is 1.81. The number of aryl methyl sites for hydroxylation is 1. The van der Waals surface area contributed by atoms with Gasteiger partial charge >= 0.3 is 5.97 Å². The number of carbonyl (C=O) groups excluding carboxylic acids is 1. The van der Waals surface area contributed by atoms with Gasteiger partial charge in [0.25, 0.3) is 0 Å².